The molecule has 2 aromatic carbocycles. The number of aromatic amines is 1. The van der Waals surface area contributed by atoms with Crippen molar-refractivity contribution in [1.29, 1.82) is 0 Å². The molecule has 3 aromatic rings. The highest BCUT2D eigenvalue weighted by Crippen LogP contribution is 2.20. The van der Waals surface area contributed by atoms with Gasteiger partial charge in [0.1, 0.15) is 5.82 Å². The maximum atomic E-state index is 13.7. The molecule has 1 heterocycles. The lowest BCUT2D eigenvalue weighted by molar-refractivity contribution is -0.121. The van der Waals surface area contributed by atoms with Crippen molar-refractivity contribution in [1.82, 2.24) is 15.3 Å². The van der Waals surface area contributed by atoms with Gasteiger partial charge >= 0.3 is 0 Å². The number of hydrogen-bond donors (Lipinski definition) is 2. The molecule has 0 saturated carbocycles. The summed E-state index contributed by atoms with van der Waals surface area (Å²) in [7, 11) is 0. The topological polar surface area (TPSA) is 74.8 Å². The minimum absolute atomic E-state index is 0.00560. The molecule has 0 saturated heterocycles. The highest BCUT2D eigenvalue weighted by Gasteiger charge is 2.12. The Hall–Kier alpha value is -2.93. The van der Waals surface area contributed by atoms with Crippen LogP contribution in [0, 0.1) is 5.82 Å². The van der Waals surface area contributed by atoms with Crippen molar-refractivity contribution in [3.8, 4) is 0 Å². The first kappa shape index (κ1) is 19.8. The van der Waals surface area contributed by atoms with E-state index in [2.05, 4.69) is 15.3 Å². The van der Waals surface area contributed by atoms with Gasteiger partial charge in [-0.2, -0.15) is 0 Å². The maximum absolute atomic E-state index is 13.7. The molecule has 0 fully saturated rings. The summed E-state index contributed by atoms with van der Waals surface area (Å²) in [5.74, 6) is -0.196. The molecule has 7 heteroatoms. The first-order valence-corrected chi connectivity index (χ1v) is 9.80. The highest BCUT2D eigenvalue weighted by atomic mass is 32.2. The molecule has 0 unspecified atom stereocenters. The molecular weight excluding hydrogens is 377 g/mol. The van der Waals surface area contributed by atoms with Gasteiger partial charge in [0.05, 0.1) is 18.2 Å². The fraction of sp³-hybridized carbons (Fsp3) is 0.190. The Balaban J connectivity index is 1.63. The number of nitrogens with one attached hydrogen (secondary N) is 2. The second kappa shape index (κ2) is 9.32. The lowest BCUT2D eigenvalue weighted by Crippen LogP contribution is -2.29. The van der Waals surface area contributed by atoms with Crippen LogP contribution in [0.4, 0.5) is 4.39 Å². The second-order valence-corrected chi connectivity index (χ2v) is 7.26. The van der Waals surface area contributed by atoms with Crippen molar-refractivity contribution in [2.75, 3.05) is 0 Å². The normalized spacial score (nSPS) is 11.8. The minimum Gasteiger partial charge on any atom is -0.349 e. The van der Waals surface area contributed by atoms with E-state index in [1.54, 1.807) is 18.2 Å². The Morgan fingerprint density at radius 2 is 1.89 bits per heavy atom. The van der Waals surface area contributed by atoms with Crippen molar-refractivity contribution in [3.05, 3.63) is 93.7 Å². The maximum Gasteiger partial charge on any atom is 0.251 e. The van der Waals surface area contributed by atoms with Gasteiger partial charge in [0, 0.05) is 11.8 Å². The summed E-state index contributed by atoms with van der Waals surface area (Å²) in [4.78, 5) is 31.2. The van der Waals surface area contributed by atoms with Crippen molar-refractivity contribution < 1.29 is 9.18 Å². The van der Waals surface area contributed by atoms with E-state index in [1.165, 1.54) is 23.9 Å². The quantitative estimate of drug-likeness (QED) is 0.472. The average Bonchev–Trinajstić information content (AvgIpc) is 2.67. The Labute approximate surface area is 166 Å². The van der Waals surface area contributed by atoms with Crippen LogP contribution in [0.15, 0.2) is 70.6 Å². The molecule has 144 valence electrons. The van der Waals surface area contributed by atoms with E-state index >= 15 is 0 Å². The Bertz CT molecular complexity index is 1010. The standard InChI is InChI=1S/C21H20FN3O2S/c1-14(15-7-3-2-4-8-15)23-19(26)11-17-12-20(27)25-21(24-17)28-13-16-9-5-6-10-18(16)22/h2-10,12,14H,11,13H2,1H3,(H,23,26)(H,24,25,27)/t14-/m0/s1. The van der Waals surface area contributed by atoms with E-state index in [1.807, 2.05) is 37.3 Å². The molecule has 2 N–H and O–H groups in total. The summed E-state index contributed by atoms with van der Waals surface area (Å²) >= 11 is 1.22. The molecule has 1 aromatic heterocycles. The lowest BCUT2D eigenvalue weighted by atomic mass is 10.1. The summed E-state index contributed by atoms with van der Waals surface area (Å²) in [6.45, 7) is 1.90. The molecule has 0 aliphatic carbocycles. The first-order chi connectivity index (χ1) is 13.5. The summed E-state index contributed by atoms with van der Waals surface area (Å²) in [5.41, 5.74) is 1.55. The summed E-state index contributed by atoms with van der Waals surface area (Å²) in [6.07, 6.45) is -0.00560. The third-order valence-electron chi connectivity index (χ3n) is 4.11. The van der Waals surface area contributed by atoms with E-state index < -0.39 is 0 Å². The van der Waals surface area contributed by atoms with E-state index in [-0.39, 0.29) is 29.7 Å². The number of nitrogens with zero attached hydrogens (tertiary/aromatic N) is 1. The lowest BCUT2D eigenvalue weighted by Gasteiger charge is -2.14. The summed E-state index contributed by atoms with van der Waals surface area (Å²) < 4.78 is 13.7. The number of rotatable bonds is 7. The number of thioether (sulfide) groups is 1. The fourth-order valence-electron chi connectivity index (χ4n) is 2.69. The molecule has 5 nitrogen and oxygen atoms in total. The Kier molecular flexibility index (Phi) is 6.60. The number of aromatic nitrogens is 2. The van der Waals surface area contributed by atoms with Gasteiger partial charge in [-0.25, -0.2) is 9.37 Å². The molecule has 0 aliphatic heterocycles. The number of carbonyl (C=O) groups is 1. The number of amides is 1. The fourth-order valence-corrected chi connectivity index (χ4v) is 3.57. The number of halogens is 1. The van der Waals surface area contributed by atoms with Crippen molar-refractivity contribution in [2.24, 2.45) is 0 Å². The zero-order valence-corrected chi connectivity index (χ0v) is 16.1. The van der Waals surface area contributed by atoms with Crippen molar-refractivity contribution >= 4 is 17.7 Å². The van der Waals surface area contributed by atoms with Crippen LogP contribution in [0.3, 0.4) is 0 Å². The van der Waals surface area contributed by atoms with Gasteiger partial charge in [-0.1, -0.05) is 60.3 Å². The third kappa shape index (κ3) is 5.53. The summed E-state index contributed by atoms with van der Waals surface area (Å²) in [5, 5.41) is 3.26. The first-order valence-electron chi connectivity index (χ1n) is 8.82. The van der Waals surface area contributed by atoms with Gasteiger partial charge in [-0.05, 0) is 24.1 Å². The van der Waals surface area contributed by atoms with Crippen LogP contribution < -0.4 is 10.9 Å². The largest absolute Gasteiger partial charge is 0.349 e. The minimum atomic E-state index is -0.343. The van der Waals surface area contributed by atoms with Crippen LogP contribution in [-0.2, 0) is 17.0 Å². The zero-order chi connectivity index (χ0) is 19.9. The predicted octanol–water partition coefficient (Wildman–Crippen LogP) is 3.62. The van der Waals surface area contributed by atoms with E-state index in [4.69, 9.17) is 0 Å². The number of H-pyrrole nitrogens is 1. The van der Waals surface area contributed by atoms with Gasteiger partial charge in [-0.3, -0.25) is 9.59 Å². The second-order valence-electron chi connectivity index (χ2n) is 6.30. The van der Waals surface area contributed by atoms with E-state index in [0.717, 1.165) is 5.56 Å². The molecule has 0 spiro atoms. The molecular formula is C21H20FN3O2S. The number of hydrogen-bond acceptors (Lipinski definition) is 4. The van der Waals surface area contributed by atoms with Gasteiger partial charge in [-0.15, -0.1) is 0 Å². The molecule has 0 bridgehead atoms. The molecule has 1 amide bonds. The van der Waals surface area contributed by atoms with Gasteiger partial charge in [0.15, 0.2) is 5.16 Å². The van der Waals surface area contributed by atoms with Gasteiger partial charge in [0.2, 0.25) is 5.91 Å². The van der Waals surface area contributed by atoms with Crippen LogP contribution in [0.5, 0.6) is 0 Å². The van der Waals surface area contributed by atoms with Crippen LogP contribution in [0.1, 0.15) is 29.8 Å². The highest BCUT2D eigenvalue weighted by molar-refractivity contribution is 7.98. The Morgan fingerprint density at radius 3 is 2.64 bits per heavy atom. The van der Waals surface area contributed by atoms with Crippen LogP contribution in [0.25, 0.3) is 0 Å². The third-order valence-corrected chi connectivity index (χ3v) is 5.04. The van der Waals surface area contributed by atoms with E-state index in [9.17, 15) is 14.0 Å². The van der Waals surface area contributed by atoms with Crippen molar-refractivity contribution in [2.45, 2.75) is 30.3 Å². The van der Waals surface area contributed by atoms with Crippen molar-refractivity contribution in [3.63, 3.8) is 0 Å². The van der Waals surface area contributed by atoms with Gasteiger partial charge in [0.25, 0.3) is 5.56 Å². The van der Waals surface area contributed by atoms with Gasteiger partial charge < -0.3 is 10.3 Å². The summed E-state index contributed by atoms with van der Waals surface area (Å²) in [6, 6.07) is 17.2. The molecule has 28 heavy (non-hydrogen) atoms. The monoisotopic (exact) mass is 397 g/mol. The van der Waals surface area contributed by atoms with E-state index in [0.29, 0.717) is 22.2 Å². The molecule has 0 radical (unpaired) electrons. The molecule has 1 atom stereocenters. The SMILES string of the molecule is C[C@H](NC(=O)Cc1cc(=O)[nH]c(SCc2ccccc2F)n1)c1ccccc1. The number of carbonyl (C=O) groups excluding carboxylic acids is 1. The molecule has 0 aliphatic rings. The smallest absolute Gasteiger partial charge is 0.251 e. The van der Waals surface area contributed by atoms with Crippen LogP contribution in [-0.4, -0.2) is 15.9 Å². The zero-order valence-electron chi connectivity index (χ0n) is 15.3. The predicted molar refractivity (Wildman–Crippen MR) is 108 cm³/mol. The Morgan fingerprint density at radius 1 is 1.18 bits per heavy atom. The van der Waals surface area contributed by atoms with Crippen LogP contribution in [0.2, 0.25) is 0 Å². The average molecular weight is 397 g/mol. The number of benzene rings is 2. The van der Waals surface area contributed by atoms with Crippen LogP contribution >= 0.6 is 11.8 Å². The molecule has 3 rings (SSSR count).